The van der Waals surface area contributed by atoms with Gasteiger partial charge in [-0.3, -0.25) is 9.59 Å². The summed E-state index contributed by atoms with van der Waals surface area (Å²) in [4.78, 5) is 24.1. The minimum atomic E-state index is -1.03. The summed E-state index contributed by atoms with van der Waals surface area (Å²) in [6.45, 7) is 6.30. The summed E-state index contributed by atoms with van der Waals surface area (Å²) in [6.07, 6.45) is 0. The highest BCUT2D eigenvalue weighted by Crippen LogP contribution is 2.08. The molecule has 0 aromatic rings. The third-order valence-corrected chi connectivity index (χ3v) is 2.33. The molecule has 0 spiro atoms. The molecule has 100 valence electrons. The van der Waals surface area contributed by atoms with Gasteiger partial charge in [-0.1, -0.05) is 6.92 Å². The Hall–Kier alpha value is -1.14. The number of likely N-dealkylation sites (N-methyl/N-ethyl adjacent to an activating group) is 1. The van der Waals surface area contributed by atoms with E-state index in [9.17, 15) is 9.59 Å². The van der Waals surface area contributed by atoms with Gasteiger partial charge in [-0.25, -0.2) is 0 Å². The summed E-state index contributed by atoms with van der Waals surface area (Å²) in [6, 6.07) is 0. The standard InChI is InChI=1S/C11H22N2O4/c1-5-12-11(2,3)10(16)13(6-7-17-4)8-9(14)15/h12H,5-8H2,1-4H3,(H,14,15). The number of methoxy groups -OCH3 is 1. The van der Waals surface area contributed by atoms with Crippen molar-refractivity contribution >= 4 is 11.9 Å². The normalized spacial score (nSPS) is 11.3. The zero-order valence-corrected chi connectivity index (χ0v) is 10.9. The van der Waals surface area contributed by atoms with Crippen LogP contribution in [0.25, 0.3) is 0 Å². The lowest BCUT2D eigenvalue weighted by Crippen LogP contribution is -2.55. The molecule has 0 aromatic carbocycles. The van der Waals surface area contributed by atoms with Gasteiger partial charge >= 0.3 is 5.97 Å². The SMILES string of the molecule is CCNC(C)(C)C(=O)N(CCOC)CC(=O)O. The fraction of sp³-hybridized carbons (Fsp3) is 0.818. The van der Waals surface area contributed by atoms with Crippen LogP contribution in [-0.4, -0.2) is 60.8 Å². The molecule has 0 saturated carbocycles. The molecule has 0 rings (SSSR count). The molecule has 0 fully saturated rings. The second kappa shape index (κ2) is 7.24. The molecular weight excluding hydrogens is 224 g/mol. The molecule has 0 atom stereocenters. The summed E-state index contributed by atoms with van der Waals surface area (Å²) < 4.78 is 4.87. The molecule has 6 nitrogen and oxygen atoms in total. The van der Waals surface area contributed by atoms with Gasteiger partial charge in [0.05, 0.1) is 12.1 Å². The van der Waals surface area contributed by atoms with Gasteiger partial charge in [0.2, 0.25) is 5.91 Å². The Morgan fingerprint density at radius 3 is 2.41 bits per heavy atom. The number of aliphatic carboxylic acids is 1. The van der Waals surface area contributed by atoms with E-state index in [1.54, 1.807) is 13.8 Å². The number of nitrogens with zero attached hydrogens (tertiary/aromatic N) is 1. The van der Waals surface area contributed by atoms with Gasteiger partial charge in [-0.2, -0.15) is 0 Å². The van der Waals surface area contributed by atoms with Crippen molar-refractivity contribution < 1.29 is 19.4 Å². The number of nitrogens with one attached hydrogen (secondary N) is 1. The van der Waals surface area contributed by atoms with Crippen LogP contribution in [0.4, 0.5) is 0 Å². The summed E-state index contributed by atoms with van der Waals surface area (Å²) in [5.74, 6) is -1.26. The topological polar surface area (TPSA) is 78.9 Å². The van der Waals surface area contributed by atoms with Gasteiger partial charge in [0.1, 0.15) is 6.54 Å². The van der Waals surface area contributed by atoms with Crippen molar-refractivity contribution in [3.05, 3.63) is 0 Å². The van der Waals surface area contributed by atoms with Crippen LogP contribution < -0.4 is 5.32 Å². The van der Waals surface area contributed by atoms with E-state index in [0.717, 1.165) is 0 Å². The number of amides is 1. The summed E-state index contributed by atoms with van der Waals surface area (Å²) >= 11 is 0. The minimum Gasteiger partial charge on any atom is -0.480 e. The number of hydrogen-bond donors (Lipinski definition) is 2. The summed E-state index contributed by atoms with van der Waals surface area (Å²) in [5.41, 5.74) is -0.766. The van der Waals surface area contributed by atoms with Crippen LogP contribution in [0, 0.1) is 0 Å². The van der Waals surface area contributed by atoms with Crippen molar-refractivity contribution in [3.8, 4) is 0 Å². The average Bonchev–Trinajstić information content (AvgIpc) is 2.22. The highest BCUT2D eigenvalue weighted by Gasteiger charge is 2.31. The first kappa shape index (κ1) is 15.9. The summed E-state index contributed by atoms with van der Waals surface area (Å²) in [5, 5.41) is 11.8. The molecule has 0 bridgehead atoms. The predicted molar refractivity (Wildman–Crippen MR) is 63.8 cm³/mol. The van der Waals surface area contributed by atoms with E-state index in [1.165, 1.54) is 12.0 Å². The van der Waals surface area contributed by atoms with Crippen LogP contribution in [-0.2, 0) is 14.3 Å². The number of rotatable bonds is 8. The van der Waals surface area contributed by atoms with Gasteiger partial charge in [-0.05, 0) is 20.4 Å². The van der Waals surface area contributed by atoms with E-state index in [2.05, 4.69) is 5.32 Å². The fourth-order valence-electron chi connectivity index (χ4n) is 1.53. The second-order valence-corrected chi connectivity index (χ2v) is 4.27. The quantitative estimate of drug-likeness (QED) is 0.627. The second-order valence-electron chi connectivity index (χ2n) is 4.27. The van der Waals surface area contributed by atoms with Crippen LogP contribution >= 0.6 is 0 Å². The number of carbonyl (C=O) groups excluding carboxylic acids is 1. The Labute approximate surface area is 102 Å². The molecule has 0 unspecified atom stereocenters. The van der Waals surface area contributed by atoms with E-state index in [4.69, 9.17) is 9.84 Å². The van der Waals surface area contributed by atoms with Gasteiger partial charge in [0.25, 0.3) is 0 Å². The molecular formula is C11H22N2O4. The fourth-order valence-corrected chi connectivity index (χ4v) is 1.53. The minimum absolute atomic E-state index is 0.237. The van der Waals surface area contributed by atoms with Gasteiger partial charge < -0.3 is 20.1 Å². The Kier molecular flexibility index (Phi) is 6.75. The third-order valence-electron chi connectivity index (χ3n) is 2.33. The lowest BCUT2D eigenvalue weighted by molar-refractivity contribution is -0.147. The monoisotopic (exact) mass is 246 g/mol. The first-order valence-electron chi connectivity index (χ1n) is 5.60. The lowest BCUT2D eigenvalue weighted by Gasteiger charge is -2.31. The van der Waals surface area contributed by atoms with Crippen LogP contribution in [0.1, 0.15) is 20.8 Å². The maximum Gasteiger partial charge on any atom is 0.323 e. The van der Waals surface area contributed by atoms with Gasteiger partial charge in [-0.15, -0.1) is 0 Å². The van der Waals surface area contributed by atoms with E-state index in [0.29, 0.717) is 13.2 Å². The van der Waals surface area contributed by atoms with Crippen LogP contribution in [0.5, 0.6) is 0 Å². The molecule has 0 aliphatic heterocycles. The van der Waals surface area contributed by atoms with Crippen molar-refractivity contribution in [2.45, 2.75) is 26.3 Å². The van der Waals surface area contributed by atoms with Crippen LogP contribution in [0.15, 0.2) is 0 Å². The highest BCUT2D eigenvalue weighted by molar-refractivity contribution is 5.88. The average molecular weight is 246 g/mol. The molecule has 0 radical (unpaired) electrons. The van der Waals surface area contributed by atoms with Crippen molar-refractivity contribution in [3.63, 3.8) is 0 Å². The molecule has 2 N–H and O–H groups in total. The Balaban J connectivity index is 4.65. The Bertz CT molecular complexity index is 266. The Morgan fingerprint density at radius 2 is 2.00 bits per heavy atom. The van der Waals surface area contributed by atoms with Crippen molar-refractivity contribution in [2.24, 2.45) is 0 Å². The van der Waals surface area contributed by atoms with Crippen molar-refractivity contribution in [1.82, 2.24) is 10.2 Å². The third kappa shape index (κ3) is 5.65. The van der Waals surface area contributed by atoms with E-state index < -0.39 is 11.5 Å². The molecule has 1 amide bonds. The molecule has 0 aliphatic rings. The zero-order valence-electron chi connectivity index (χ0n) is 10.9. The maximum atomic E-state index is 12.1. The lowest BCUT2D eigenvalue weighted by atomic mass is 10.0. The van der Waals surface area contributed by atoms with E-state index in [-0.39, 0.29) is 19.0 Å². The van der Waals surface area contributed by atoms with Crippen molar-refractivity contribution in [2.75, 3.05) is 33.4 Å². The predicted octanol–water partition coefficient (Wildman–Crippen LogP) is -0.0659. The summed E-state index contributed by atoms with van der Waals surface area (Å²) in [7, 11) is 1.51. The largest absolute Gasteiger partial charge is 0.480 e. The molecule has 6 heteroatoms. The number of carboxylic acid groups (broad SMARTS) is 1. The molecule has 0 aliphatic carbocycles. The Morgan fingerprint density at radius 1 is 1.41 bits per heavy atom. The molecule has 0 heterocycles. The number of carboxylic acids is 1. The van der Waals surface area contributed by atoms with Crippen LogP contribution in [0.2, 0.25) is 0 Å². The smallest absolute Gasteiger partial charge is 0.323 e. The maximum absolute atomic E-state index is 12.1. The number of hydrogen-bond acceptors (Lipinski definition) is 4. The van der Waals surface area contributed by atoms with Crippen LogP contribution in [0.3, 0.4) is 0 Å². The first-order valence-corrected chi connectivity index (χ1v) is 5.60. The number of carbonyl (C=O) groups is 2. The van der Waals surface area contributed by atoms with E-state index in [1.807, 2.05) is 6.92 Å². The van der Waals surface area contributed by atoms with Gasteiger partial charge in [0.15, 0.2) is 0 Å². The first-order chi connectivity index (χ1) is 7.85. The van der Waals surface area contributed by atoms with Crippen molar-refractivity contribution in [1.29, 1.82) is 0 Å². The number of ether oxygens (including phenoxy) is 1. The van der Waals surface area contributed by atoms with Gasteiger partial charge in [0, 0.05) is 13.7 Å². The highest BCUT2D eigenvalue weighted by atomic mass is 16.5. The molecule has 0 aromatic heterocycles. The van der Waals surface area contributed by atoms with E-state index >= 15 is 0 Å². The molecule has 17 heavy (non-hydrogen) atoms. The molecule has 0 saturated heterocycles. The zero-order chi connectivity index (χ0) is 13.5.